The Labute approximate surface area is 124 Å². The van der Waals surface area contributed by atoms with Crippen molar-refractivity contribution < 1.29 is 4.74 Å². The van der Waals surface area contributed by atoms with Crippen molar-refractivity contribution in [3.63, 3.8) is 0 Å². The Morgan fingerprint density at radius 2 is 1.90 bits per heavy atom. The zero-order valence-electron chi connectivity index (χ0n) is 13.6. The molecule has 0 aliphatic rings. The molecule has 0 aliphatic heterocycles. The molecule has 0 bridgehead atoms. The van der Waals surface area contributed by atoms with Gasteiger partial charge in [0, 0.05) is 17.6 Å². The fraction of sp³-hybridized carbons (Fsp3) is 0.647. The summed E-state index contributed by atoms with van der Waals surface area (Å²) in [4.78, 5) is 2.38. The molecule has 20 heavy (non-hydrogen) atoms. The van der Waals surface area contributed by atoms with Crippen molar-refractivity contribution in [2.75, 3.05) is 26.7 Å². The van der Waals surface area contributed by atoms with Crippen molar-refractivity contribution in [2.45, 2.75) is 46.2 Å². The van der Waals surface area contributed by atoms with E-state index in [1.807, 2.05) is 19.1 Å². The van der Waals surface area contributed by atoms with Gasteiger partial charge in [0.1, 0.15) is 5.75 Å². The smallest absolute Gasteiger partial charge is 0.124 e. The van der Waals surface area contributed by atoms with Crippen LogP contribution in [0.4, 0.5) is 0 Å². The molecule has 0 amide bonds. The van der Waals surface area contributed by atoms with Gasteiger partial charge in [-0.1, -0.05) is 18.2 Å². The molecular weight excluding hydrogens is 248 g/mol. The number of nitrogens with one attached hydrogen (secondary N) is 1. The first kappa shape index (κ1) is 17.0. The SMILES string of the molecule is CCOc1ccccc1C(C)NCCCN(C)C(C)C. The van der Waals surface area contributed by atoms with Gasteiger partial charge in [-0.3, -0.25) is 0 Å². The Hall–Kier alpha value is -1.06. The number of hydrogen-bond donors (Lipinski definition) is 1. The average molecular weight is 278 g/mol. The van der Waals surface area contributed by atoms with Crippen molar-refractivity contribution in [1.29, 1.82) is 0 Å². The molecule has 1 atom stereocenters. The van der Waals surface area contributed by atoms with E-state index in [1.165, 1.54) is 5.56 Å². The highest BCUT2D eigenvalue weighted by atomic mass is 16.5. The maximum absolute atomic E-state index is 5.69. The van der Waals surface area contributed by atoms with Crippen molar-refractivity contribution in [3.05, 3.63) is 29.8 Å². The van der Waals surface area contributed by atoms with Crippen molar-refractivity contribution >= 4 is 0 Å². The van der Waals surface area contributed by atoms with Gasteiger partial charge < -0.3 is 15.0 Å². The average Bonchev–Trinajstić information content (AvgIpc) is 2.44. The van der Waals surface area contributed by atoms with Gasteiger partial charge in [0.2, 0.25) is 0 Å². The van der Waals surface area contributed by atoms with Gasteiger partial charge in [-0.15, -0.1) is 0 Å². The normalized spacial score (nSPS) is 12.9. The molecule has 0 fully saturated rings. The van der Waals surface area contributed by atoms with Gasteiger partial charge in [-0.05, 0) is 60.3 Å². The maximum Gasteiger partial charge on any atom is 0.124 e. The molecule has 1 N–H and O–H groups in total. The fourth-order valence-corrected chi connectivity index (χ4v) is 2.14. The summed E-state index contributed by atoms with van der Waals surface area (Å²) in [6.45, 7) is 11.6. The van der Waals surface area contributed by atoms with Gasteiger partial charge in [-0.2, -0.15) is 0 Å². The molecule has 114 valence electrons. The summed E-state index contributed by atoms with van der Waals surface area (Å²) in [6, 6.07) is 9.22. The highest BCUT2D eigenvalue weighted by Gasteiger charge is 2.10. The van der Waals surface area contributed by atoms with E-state index >= 15 is 0 Å². The molecule has 0 aliphatic carbocycles. The third-order valence-corrected chi connectivity index (χ3v) is 3.71. The lowest BCUT2D eigenvalue weighted by atomic mass is 10.1. The molecule has 1 rings (SSSR count). The summed E-state index contributed by atoms with van der Waals surface area (Å²) in [5, 5.41) is 3.59. The van der Waals surface area contributed by atoms with Crippen molar-refractivity contribution in [3.8, 4) is 5.75 Å². The van der Waals surface area contributed by atoms with Crippen LogP contribution in [0.1, 0.15) is 45.7 Å². The molecule has 0 saturated heterocycles. The highest BCUT2D eigenvalue weighted by Crippen LogP contribution is 2.24. The monoisotopic (exact) mass is 278 g/mol. The van der Waals surface area contributed by atoms with Crippen LogP contribution in [0.2, 0.25) is 0 Å². The van der Waals surface area contributed by atoms with Crippen LogP contribution in [0, 0.1) is 0 Å². The van der Waals surface area contributed by atoms with E-state index in [9.17, 15) is 0 Å². The lowest BCUT2D eigenvalue weighted by Gasteiger charge is -2.22. The number of benzene rings is 1. The lowest BCUT2D eigenvalue weighted by molar-refractivity contribution is 0.268. The zero-order valence-corrected chi connectivity index (χ0v) is 13.6. The quantitative estimate of drug-likeness (QED) is 0.700. The maximum atomic E-state index is 5.69. The number of rotatable bonds is 9. The lowest BCUT2D eigenvalue weighted by Crippen LogP contribution is -2.30. The van der Waals surface area contributed by atoms with E-state index in [4.69, 9.17) is 4.74 Å². The summed E-state index contributed by atoms with van der Waals surface area (Å²) >= 11 is 0. The van der Waals surface area contributed by atoms with Gasteiger partial charge in [0.15, 0.2) is 0 Å². The Morgan fingerprint density at radius 3 is 2.55 bits per heavy atom. The fourth-order valence-electron chi connectivity index (χ4n) is 2.14. The summed E-state index contributed by atoms with van der Waals surface area (Å²) < 4.78 is 5.69. The summed E-state index contributed by atoms with van der Waals surface area (Å²) in [5.41, 5.74) is 1.24. The molecule has 3 heteroatoms. The van der Waals surface area contributed by atoms with E-state index in [0.29, 0.717) is 18.7 Å². The minimum absolute atomic E-state index is 0.321. The summed E-state index contributed by atoms with van der Waals surface area (Å²) in [7, 11) is 2.18. The number of para-hydroxylation sites is 1. The molecule has 3 nitrogen and oxygen atoms in total. The third kappa shape index (κ3) is 5.51. The minimum Gasteiger partial charge on any atom is -0.494 e. The predicted octanol–water partition coefficient (Wildman–Crippen LogP) is 3.47. The summed E-state index contributed by atoms with van der Waals surface area (Å²) in [6.07, 6.45) is 1.16. The first-order valence-electron chi connectivity index (χ1n) is 7.71. The molecule has 0 heterocycles. The van der Waals surface area contributed by atoms with Gasteiger partial charge in [0.05, 0.1) is 6.61 Å². The first-order valence-corrected chi connectivity index (χ1v) is 7.71. The standard InChI is InChI=1S/C17H30N2O/c1-6-20-17-11-8-7-10-16(17)15(4)18-12-9-13-19(5)14(2)3/h7-8,10-11,14-15,18H,6,9,12-13H2,1-5H3. The molecule has 0 radical (unpaired) electrons. The largest absolute Gasteiger partial charge is 0.494 e. The minimum atomic E-state index is 0.321. The highest BCUT2D eigenvalue weighted by molar-refractivity contribution is 5.35. The molecule has 0 spiro atoms. The molecule has 0 aromatic heterocycles. The Kier molecular flexibility index (Phi) is 7.63. The van der Waals surface area contributed by atoms with E-state index < -0.39 is 0 Å². The van der Waals surface area contributed by atoms with Crippen LogP contribution >= 0.6 is 0 Å². The second-order valence-corrected chi connectivity index (χ2v) is 5.57. The Morgan fingerprint density at radius 1 is 1.20 bits per heavy atom. The third-order valence-electron chi connectivity index (χ3n) is 3.71. The second kappa shape index (κ2) is 8.98. The molecule has 0 saturated carbocycles. The van der Waals surface area contributed by atoms with E-state index in [2.05, 4.69) is 50.2 Å². The number of ether oxygens (including phenoxy) is 1. The van der Waals surface area contributed by atoms with Gasteiger partial charge >= 0.3 is 0 Å². The van der Waals surface area contributed by atoms with Crippen molar-refractivity contribution in [1.82, 2.24) is 10.2 Å². The molecule has 1 aromatic carbocycles. The van der Waals surface area contributed by atoms with Crippen LogP contribution < -0.4 is 10.1 Å². The number of hydrogen-bond acceptors (Lipinski definition) is 3. The molecular formula is C17H30N2O. The van der Waals surface area contributed by atoms with Gasteiger partial charge in [0.25, 0.3) is 0 Å². The van der Waals surface area contributed by atoms with Crippen LogP contribution in [0.25, 0.3) is 0 Å². The second-order valence-electron chi connectivity index (χ2n) is 5.57. The van der Waals surface area contributed by atoms with Crippen LogP contribution in [-0.4, -0.2) is 37.7 Å². The van der Waals surface area contributed by atoms with Crippen LogP contribution in [0.3, 0.4) is 0 Å². The Bertz CT molecular complexity index is 379. The van der Waals surface area contributed by atoms with E-state index in [-0.39, 0.29) is 0 Å². The molecule has 1 unspecified atom stereocenters. The van der Waals surface area contributed by atoms with E-state index in [1.54, 1.807) is 0 Å². The van der Waals surface area contributed by atoms with Crippen LogP contribution in [0.5, 0.6) is 5.75 Å². The predicted molar refractivity (Wildman–Crippen MR) is 86.4 cm³/mol. The topological polar surface area (TPSA) is 24.5 Å². The first-order chi connectivity index (χ1) is 9.56. The van der Waals surface area contributed by atoms with E-state index in [0.717, 1.165) is 25.3 Å². The summed E-state index contributed by atoms with van der Waals surface area (Å²) in [5.74, 6) is 0.995. The van der Waals surface area contributed by atoms with Crippen LogP contribution in [-0.2, 0) is 0 Å². The van der Waals surface area contributed by atoms with Crippen LogP contribution in [0.15, 0.2) is 24.3 Å². The molecule has 1 aromatic rings. The Balaban J connectivity index is 2.41. The van der Waals surface area contributed by atoms with Gasteiger partial charge in [-0.25, -0.2) is 0 Å². The number of nitrogens with zero attached hydrogens (tertiary/aromatic N) is 1. The van der Waals surface area contributed by atoms with Crippen molar-refractivity contribution in [2.24, 2.45) is 0 Å². The zero-order chi connectivity index (χ0) is 15.0.